The van der Waals surface area contributed by atoms with Gasteiger partial charge in [0, 0.05) is 34.8 Å². The zero-order valence-corrected chi connectivity index (χ0v) is 24.7. The monoisotopic (exact) mass is 677 g/mol. The Kier molecular flexibility index (Phi) is 9.09. The number of aliphatic hydroxyl groups is 2. The summed E-state index contributed by atoms with van der Waals surface area (Å²) >= 11 is 1.99. The lowest BCUT2D eigenvalue weighted by atomic mass is 10.1. The third-order valence-electron chi connectivity index (χ3n) is 6.46. The Bertz CT molecular complexity index is 1820. The van der Waals surface area contributed by atoms with Crippen LogP contribution in [0.3, 0.4) is 0 Å². The summed E-state index contributed by atoms with van der Waals surface area (Å²) in [5, 5.41) is 21.0. The summed E-state index contributed by atoms with van der Waals surface area (Å²) in [4.78, 5) is 52.6. The predicted molar refractivity (Wildman–Crippen MR) is 163 cm³/mol. The fourth-order valence-electron chi connectivity index (χ4n) is 4.50. The molecule has 4 aromatic rings. The molecule has 1 aliphatic rings. The minimum atomic E-state index is -0.581. The Morgan fingerprint density at radius 2 is 1.76 bits per heavy atom. The topological polar surface area (TPSA) is 148 Å². The highest BCUT2D eigenvalue weighted by atomic mass is 127. The third kappa shape index (κ3) is 6.11. The molecule has 1 amide bonds. The molecule has 0 atom stereocenters. The smallest absolute Gasteiger partial charge is 0.336 e. The maximum absolute atomic E-state index is 14.8. The number of hydrogen-bond donors (Lipinski definition) is 4. The van der Waals surface area contributed by atoms with Crippen LogP contribution in [0.4, 0.5) is 21.6 Å². The molecule has 2 aromatic heterocycles. The van der Waals surface area contributed by atoms with E-state index in [1.165, 1.54) is 39.8 Å². The molecule has 0 spiro atoms. The number of nitrogens with zero attached hydrogens (tertiary/aromatic N) is 3. The fourth-order valence-corrected chi connectivity index (χ4v) is 4.95. The molecule has 216 valence electrons. The minimum absolute atomic E-state index is 0.0804. The predicted octanol–water partition coefficient (Wildman–Crippen LogP) is 2.91. The molecule has 0 aliphatic heterocycles. The molecule has 4 N–H and O–H groups in total. The molecule has 0 saturated heterocycles. The van der Waals surface area contributed by atoms with Gasteiger partial charge >= 0.3 is 5.69 Å². The number of aliphatic hydroxyl groups excluding tert-OH is 2. The standard InChI is InChI=1S/C26H23FIN5O4.C2H6O2/c1-13-22-21(23(31(3)24(13)35)30-20-10-7-15(28)11-19(20)27)25(36)33(17-8-9-17)26(37)32(22)18-6-4-5-16(12-18)29-14(2)34;3-1-2-4/h4-7,10-12,17,30H,8-9H2,1-3H3,(H,29,34);3-4H,1-2H2. The molecule has 1 saturated carbocycles. The van der Waals surface area contributed by atoms with Crippen LogP contribution in [0, 0.1) is 16.3 Å². The summed E-state index contributed by atoms with van der Waals surface area (Å²) < 4.78 is 19.3. The van der Waals surface area contributed by atoms with E-state index in [0.717, 1.165) is 0 Å². The van der Waals surface area contributed by atoms with Gasteiger partial charge in [-0.1, -0.05) is 6.07 Å². The Labute approximate surface area is 247 Å². The van der Waals surface area contributed by atoms with Gasteiger partial charge in [-0.3, -0.25) is 28.1 Å². The zero-order chi connectivity index (χ0) is 30.0. The lowest BCUT2D eigenvalue weighted by molar-refractivity contribution is -0.114. The number of benzene rings is 2. The van der Waals surface area contributed by atoms with Crippen molar-refractivity contribution in [1.29, 1.82) is 0 Å². The first-order chi connectivity index (χ1) is 19.5. The maximum Gasteiger partial charge on any atom is 0.336 e. The second-order valence-electron chi connectivity index (χ2n) is 9.51. The highest BCUT2D eigenvalue weighted by Gasteiger charge is 2.31. The number of fused-ring (bicyclic) bond motifs is 1. The first-order valence-electron chi connectivity index (χ1n) is 12.7. The van der Waals surface area contributed by atoms with Crippen molar-refractivity contribution in [2.75, 3.05) is 23.8 Å². The van der Waals surface area contributed by atoms with Crippen molar-refractivity contribution in [3.05, 3.63) is 88.6 Å². The number of aryl methyl sites for hydroxylation is 1. The maximum atomic E-state index is 14.8. The van der Waals surface area contributed by atoms with Gasteiger partial charge in [0.05, 0.1) is 30.1 Å². The molecule has 1 aliphatic carbocycles. The summed E-state index contributed by atoms with van der Waals surface area (Å²) in [7, 11) is 1.50. The fraction of sp³-hybridized carbons (Fsp3) is 0.286. The van der Waals surface area contributed by atoms with Crippen molar-refractivity contribution in [3.63, 3.8) is 0 Å². The molecule has 2 heterocycles. The lowest BCUT2D eigenvalue weighted by Crippen LogP contribution is -2.41. The number of aromatic nitrogens is 3. The molecule has 1 fully saturated rings. The number of hydrogen-bond acceptors (Lipinski definition) is 7. The van der Waals surface area contributed by atoms with Crippen LogP contribution < -0.4 is 27.4 Å². The van der Waals surface area contributed by atoms with Crippen LogP contribution in [-0.2, 0) is 11.8 Å². The molecule has 0 bridgehead atoms. The molecular weight excluding hydrogens is 648 g/mol. The summed E-state index contributed by atoms with van der Waals surface area (Å²) in [6.07, 6.45) is 1.34. The van der Waals surface area contributed by atoms with E-state index in [1.54, 1.807) is 37.3 Å². The van der Waals surface area contributed by atoms with Crippen LogP contribution in [0.15, 0.2) is 56.8 Å². The van der Waals surface area contributed by atoms with E-state index in [0.29, 0.717) is 27.8 Å². The van der Waals surface area contributed by atoms with Gasteiger partial charge in [0.1, 0.15) is 17.0 Å². The van der Waals surface area contributed by atoms with E-state index in [4.69, 9.17) is 10.2 Å². The van der Waals surface area contributed by atoms with Crippen molar-refractivity contribution in [2.24, 2.45) is 7.05 Å². The van der Waals surface area contributed by atoms with Gasteiger partial charge in [0.2, 0.25) is 5.91 Å². The Balaban J connectivity index is 0.000000909. The number of halogens is 2. The lowest BCUT2D eigenvalue weighted by Gasteiger charge is -2.21. The summed E-state index contributed by atoms with van der Waals surface area (Å²) in [5.74, 6) is -0.753. The second kappa shape index (κ2) is 12.4. The zero-order valence-electron chi connectivity index (χ0n) is 22.6. The van der Waals surface area contributed by atoms with E-state index >= 15 is 0 Å². The number of amides is 1. The molecular formula is C28H29FIN5O6. The Morgan fingerprint density at radius 1 is 1.07 bits per heavy atom. The SMILES string of the molecule is CC(=O)Nc1cccc(-n2c(=O)n(C3CC3)c(=O)c3c(Nc4ccc(I)cc4F)n(C)c(=O)c(C)c32)c1.OCCO. The van der Waals surface area contributed by atoms with E-state index < -0.39 is 22.6 Å². The van der Waals surface area contributed by atoms with Crippen molar-refractivity contribution in [2.45, 2.75) is 32.7 Å². The molecule has 11 nitrogen and oxygen atoms in total. The number of rotatable bonds is 6. The van der Waals surface area contributed by atoms with Crippen LogP contribution in [0.1, 0.15) is 31.4 Å². The molecule has 13 heteroatoms. The number of carbonyl (C=O) groups is 1. The van der Waals surface area contributed by atoms with Crippen LogP contribution >= 0.6 is 22.6 Å². The van der Waals surface area contributed by atoms with E-state index in [9.17, 15) is 23.6 Å². The number of pyridine rings is 1. The summed E-state index contributed by atoms with van der Waals surface area (Å²) in [6.45, 7) is 2.67. The highest BCUT2D eigenvalue weighted by molar-refractivity contribution is 14.1. The Hall–Kier alpha value is -3.82. The largest absolute Gasteiger partial charge is 0.394 e. The van der Waals surface area contributed by atoms with Crippen molar-refractivity contribution in [3.8, 4) is 5.69 Å². The van der Waals surface area contributed by atoms with Crippen LogP contribution in [0.5, 0.6) is 0 Å². The van der Waals surface area contributed by atoms with Gasteiger partial charge < -0.3 is 20.8 Å². The number of anilines is 3. The van der Waals surface area contributed by atoms with E-state index in [-0.39, 0.29) is 53.1 Å². The van der Waals surface area contributed by atoms with E-state index in [1.807, 2.05) is 22.6 Å². The van der Waals surface area contributed by atoms with E-state index in [2.05, 4.69) is 10.6 Å². The van der Waals surface area contributed by atoms with Crippen LogP contribution in [0.2, 0.25) is 0 Å². The minimum Gasteiger partial charge on any atom is -0.394 e. The summed E-state index contributed by atoms with van der Waals surface area (Å²) in [5.41, 5.74) is -0.351. The molecule has 0 unspecified atom stereocenters. The van der Waals surface area contributed by atoms with Gasteiger partial charge in [0.15, 0.2) is 0 Å². The van der Waals surface area contributed by atoms with Crippen LogP contribution in [-0.4, -0.2) is 43.0 Å². The first kappa shape index (κ1) is 30.1. The normalized spacial score (nSPS) is 12.6. The number of carbonyl (C=O) groups excluding carboxylic acids is 1. The first-order valence-corrected chi connectivity index (χ1v) is 13.8. The average Bonchev–Trinajstić information content (AvgIpc) is 3.76. The van der Waals surface area contributed by atoms with Crippen molar-refractivity contribution < 1.29 is 19.4 Å². The number of nitrogens with one attached hydrogen (secondary N) is 2. The van der Waals surface area contributed by atoms with Gasteiger partial charge in [-0.25, -0.2) is 9.18 Å². The van der Waals surface area contributed by atoms with Gasteiger partial charge in [-0.05, 0) is 78.8 Å². The quantitative estimate of drug-likeness (QED) is 0.230. The van der Waals surface area contributed by atoms with Crippen molar-refractivity contribution in [1.82, 2.24) is 13.7 Å². The van der Waals surface area contributed by atoms with Crippen molar-refractivity contribution >= 4 is 56.6 Å². The highest BCUT2D eigenvalue weighted by Crippen LogP contribution is 2.34. The molecule has 41 heavy (non-hydrogen) atoms. The molecule has 2 aromatic carbocycles. The van der Waals surface area contributed by atoms with Gasteiger partial charge in [0.25, 0.3) is 11.1 Å². The average molecular weight is 677 g/mol. The van der Waals surface area contributed by atoms with Gasteiger partial charge in [-0.15, -0.1) is 0 Å². The Morgan fingerprint density at radius 3 is 2.34 bits per heavy atom. The third-order valence-corrected chi connectivity index (χ3v) is 7.14. The second-order valence-corrected chi connectivity index (χ2v) is 10.8. The molecule has 0 radical (unpaired) electrons. The van der Waals surface area contributed by atoms with Gasteiger partial charge in [-0.2, -0.15) is 0 Å². The molecule has 5 rings (SSSR count). The van der Waals surface area contributed by atoms with Crippen LogP contribution in [0.25, 0.3) is 16.6 Å². The summed E-state index contributed by atoms with van der Waals surface area (Å²) in [6, 6.07) is 10.9.